The van der Waals surface area contributed by atoms with Crippen LogP contribution in [-0.4, -0.2) is 51.2 Å². The first-order valence-corrected chi connectivity index (χ1v) is 14.0. The lowest BCUT2D eigenvalue weighted by Crippen LogP contribution is -2.36. The molecule has 43 heavy (non-hydrogen) atoms. The Balaban J connectivity index is 0.00000118. The third-order valence-electron chi connectivity index (χ3n) is 6.70. The van der Waals surface area contributed by atoms with Gasteiger partial charge >= 0.3 is 0 Å². The third-order valence-corrected chi connectivity index (χ3v) is 6.70. The van der Waals surface area contributed by atoms with Crippen LogP contribution in [0.25, 0.3) is 33.4 Å². The van der Waals surface area contributed by atoms with Crippen LogP contribution in [0.3, 0.4) is 0 Å². The van der Waals surface area contributed by atoms with Gasteiger partial charge in [-0.2, -0.15) is 5.26 Å². The number of nitriles is 1. The van der Waals surface area contributed by atoms with E-state index in [1.54, 1.807) is 24.5 Å². The Morgan fingerprint density at radius 1 is 1.00 bits per heavy atom. The van der Waals surface area contributed by atoms with Crippen molar-refractivity contribution >= 4 is 28.1 Å². The van der Waals surface area contributed by atoms with Crippen molar-refractivity contribution in [2.24, 2.45) is 0 Å². The molecule has 0 spiro atoms. The molecule has 5 aromatic rings. The Morgan fingerprint density at radius 3 is 2.42 bits per heavy atom. The van der Waals surface area contributed by atoms with E-state index >= 15 is 4.39 Å². The minimum Gasteiger partial charge on any atom is -0.378 e. The number of anilines is 3. The van der Waals surface area contributed by atoms with Gasteiger partial charge < -0.3 is 15.0 Å². The van der Waals surface area contributed by atoms with Gasteiger partial charge in [0.25, 0.3) is 0 Å². The van der Waals surface area contributed by atoms with Gasteiger partial charge in [-0.05, 0) is 19.1 Å². The number of ether oxygens (including phenoxy) is 1. The van der Waals surface area contributed by atoms with Crippen molar-refractivity contribution in [3.05, 3.63) is 84.2 Å². The van der Waals surface area contributed by atoms with E-state index in [0.717, 1.165) is 6.07 Å². The number of morpholine rings is 1. The van der Waals surface area contributed by atoms with Gasteiger partial charge in [0, 0.05) is 72.8 Å². The average molecular weight is 581 g/mol. The molecule has 0 amide bonds. The highest BCUT2D eigenvalue weighted by molar-refractivity contribution is 5.99. The van der Waals surface area contributed by atoms with Gasteiger partial charge in [-0.15, -0.1) is 0 Å². The Labute approximate surface area is 248 Å². The molecule has 0 unspecified atom stereocenters. The number of nitrogens with one attached hydrogen (secondary N) is 1. The van der Waals surface area contributed by atoms with Gasteiger partial charge in [-0.1, -0.05) is 26.3 Å². The highest BCUT2D eigenvalue weighted by Crippen LogP contribution is 2.39. The van der Waals surface area contributed by atoms with Crippen LogP contribution in [0.5, 0.6) is 0 Å². The van der Waals surface area contributed by atoms with Crippen LogP contribution in [0.2, 0.25) is 0 Å². The molecule has 0 radical (unpaired) electrons. The molecular formula is C32H30F2N8O. The number of hydrogen-bond donors (Lipinski definition) is 1. The van der Waals surface area contributed by atoms with E-state index in [-0.39, 0.29) is 16.7 Å². The summed E-state index contributed by atoms with van der Waals surface area (Å²) >= 11 is 0. The first kappa shape index (κ1) is 29.4. The Kier molecular flexibility index (Phi) is 9.08. The zero-order valence-electron chi connectivity index (χ0n) is 24.1. The van der Waals surface area contributed by atoms with Crippen LogP contribution in [0, 0.1) is 29.9 Å². The minimum atomic E-state index is -0.744. The summed E-state index contributed by atoms with van der Waals surface area (Å²) in [7, 11) is 0. The molecular weight excluding hydrogens is 550 g/mol. The number of fused-ring (bicyclic) bond motifs is 1. The van der Waals surface area contributed by atoms with Crippen LogP contribution in [0.15, 0.2) is 61.2 Å². The molecule has 11 heteroatoms. The summed E-state index contributed by atoms with van der Waals surface area (Å²) in [6.45, 7) is 8.56. The minimum absolute atomic E-state index is 0.0382. The van der Waals surface area contributed by atoms with Crippen molar-refractivity contribution < 1.29 is 13.5 Å². The highest BCUT2D eigenvalue weighted by atomic mass is 19.1. The summed E-state index contributed by atoms with van der Waals surface area (Å²) in [5.41, 5.74) is 4.09. The molecule has 1 aromatic carbocycles. The number of aromatic nitrogens is 5. The smallest absolute Gasteiger partial charge is 0.232 e. The maximum atomic E-state index is 15.4. The van der Waals surface area contributed by atoms with Crippen molar-refractivity contribution in [2.75, 3.05) is 36.5 Å². The molecule has 5 heterocycles. The number of halogens is 2. The summed E-state index contributed by atoms with van der Waals surface area (Å²) in [6, 6.07) is 11.2. The van der Waals surface area contributed by atoms with Gasteiger partial charge in [-0.3, -0.25) is 4.98 Å². The van der Waals surface area contributed by atoms with Gasteiger partial charge in [0.15, 0.2) is 0 Å². The summed E-state index contributed by atoms with van der Waals surface area (Å²) in [4.78, 5) is 24.0. The van der Waals surface area contributed by atoms with Crippen LogP contribution in [0.4, 0.5) is 26.0 Å². The summed E-state index contributed by atoms with van der Waals surface area (Å²) in [5, 5.41) is 12.7. The molecule has 6 rings (SSSR count). The zero-order valence-corrected chi connectivity index (χ0v) is 24.1. The summed E-state index contributed by atoms with van der Waals surface area (Å²) in [6.07, 6.45) is 7.65. The van der Waals surface area contributed by atoms with E-state index < -0.39 is 11.6 Å². The number of hydrogen-bond acceptors (Lipinski definition) is 9. The standard InChI is InChI=1S/C29H22F2N8O.C3H8/c1-17-28(22-4-2-3-5-33-22)38-24-11-19(30)10-21(31)27(24)29(17)37-23-12-26(39-6-8-40-9-7-39)36-16-20(23)18-14-34-25(13-32)35-15-18;1-3-2/h2-5,10-12,14-16H,6-9H2,1H3,(H,36,37,38);3H2,1-2H3. The highest BCUT2D eigenvalue weighted by Gasteiger charge is 2.21. The second kappa shape index (κ2) is 13.3. The van der Waals surface area contributed by atoms with Gasteiger partial charge in [0.1, 0.15) is 23.5 Å². The van der Waals surface area contributed by atoms with Gasteiger partial charge in [0.05, 0.1) is 46.9 Å². The summed E-state index contributed by atoms with van der Waals surface area (Å²) in [5.74, 6) is -0.729. The number of nitrogens with zero attached hydrogens (tertiary/aromatic N) is 7. The molecule has 4 aromatic heterocycles. The fourth-order valence-corrected chi connectivity index (χ4v) is 4.72. The molecule has 0 saturated carbocycles. The van der Waals surface area contributed by atoms with Gasteiger partial charge in [-0.25, -0.2) is 28.7 Å². The topological polar surface area (TPSA) is 113 Å². The Hall–Kier alpha value is -5.08. The van der Waals surface area contributed by atoms with E-state index in [9.17, 15) is 4.39 Å². The lowest BCUT2D eigenvalue weighted by Gasteiger charge is -2.28. The van der Waals surface area contributed by atoms with E-state index in [2.05, 4.69) is 49.0 Å². The molecule has 1 N–H and O–H groups in total. The fraction of sp³-hybridized carbons (Fsp3) is 0.250. The van der Waals surface area contributed by atoms with Gasteiger partial charge in [0.2, 0.25) is 5.82 Å². The Bertz CT molecular complexity index is 1770. The number of benzene rings is 1. The maximum absolute atomic E-state index is 15.4. The SMILES string of the molecule is CCC.Cc1c(-c2ccccn2)nc2cc(F)cc(F)c2c1Nc1cc(N2CCOCC2)ncc1-c1cnc(C#N)nc1. The second-order valence-electron chi connectivity index (χ2n) is 9.88. The van der Waals surface area contributed by atoms with Crippen LogP contribution in [0.1, 0.15) is 31.7 Å². The van der Waals surface area contributed by atoms with Crippen LogP contribution < -0.4 is 10.2 Å². The molecule has 0 aliphatic carbocycles. The van der Waals surface area contributed by atoms with E-state index in [4.69, 9.17) is 10.00 Å². The average Bonchev–Trinajstić information content (AvgIpc) is 3.03. The first-order valence-electron chi connectivity index (χ1n) is 14.0. The molecule has 1 saturated heterocycles. The largest absolute Gasteiger partial charge is 0.378 e. The molecule has 218 valence electrons. The number of rotatable bonds is 5. The monoisotopic (exact) mass is 580 g/mol. The zero-order chi connectivity index (χ0) is 30.3. The Morgan fingerprint density at radius 2 is 1.74 bits per heavy atom. The molecule has 0 atom stereocenters. The van der Waals surface area contributed by atoms with Crippen molar-refractivity contribution in [3.8, 4) is 28.6 Å². The normalized spacial score (nSPS) is 12.8. The number of pyridine rings is 3. The predicted octanol–water partition coefficient (Wildman–Crippen LogP) is 6.60. The molecule has 1 aliphatic rings. The molecule has 1 aliphatic heterocycles. The van der Waals surface area contributed by atoms with Crippen molar-refractivity contribution in [1.82, 2.24) is 24.9 Å². The van der Waals surface area contributed by atoms with E-state index in [1.165, 1.54) is 24.9 Å². The lowest BCUT2D eigenvalue weighted by molar-refractivity contribution is 0.122. The predicted molar refractivity (Wildman–Crippen MR) is 162 cm³/mol. The molecule has 0 bridgehead atoms. The van der Waals surface area contributed by atoms with Crippen LogP contribution in [-0.2, 0) is 4.74 Å². The third kappa shape index (κ3) is 6.39. The van der Waals surface area contributed by atoms with Crippen molar-refractivity contribution in [1.29, 1.82) is 5.26 Å². The fourth-order valence-electron chi connectivity index (χ4n) is 4.72. The van der Waals surface area contributed by atoms with Crippen molar-refractivity contribution in [2.45, 2.75) is 27.2 Å². The second-order valence-corrected chi connectivity index (χ2v) is 9.88. The van der Waals surface area contributed by atoms with Crippen LogP contribution >= 0.6 is 0 Å². The first-order chi connectivity index (χ1) is 20.9. The lowest BCUT2D eigenvalue weighted by atomic mass is 10.0. The molecule has 9 nitrogen and oxygen atoms in total. The molecule has 1 fully saturated rings. The maximum Gasteiger partial charge on any atom is 0.232 e. The van der Waals surface area contributed by atoms with Crippen molar-refractivity contribution in [3.63, 3.8) is 0 Å². The van der Waals surface area contributed by atoms with E-state index in [0.29, 0.717) is 71.6 Å². The quantitative estimate of drug-likeness (QED) is 0.246. The summed E-state index contributed by atoms with van der Waals surface area (Å²) < 4.78 is 35.2. The van der Waals surface area contributed by atoms with E-state index in [1.807, 2.05) is 25.1 Å².